The van der Waals surface area contributed by atoms with Crippen molar-refractivity contribution in [1.29, 1.82) is 0 Å². The fourth-order valence-corrected chi connectivity index (χ4v) is 2.76. The van der Waals surface area contributed by atoms with Crippen LogP contribution < -0.4 is 15.4 Å². The fourth-order valence-electron chi connectivity index (χ4n) is 2.17. The van der Waals surface area contributed by atoms with Crippen LogP contribution in [0.25, 0.3) is 0 Å². The van der Waals surface area contributed by atoms with Crippen LogP contribution in [0.4, 0.5) is 11.4 Å². The van der Waals surface area contributed by atoms with Crippen molar-refractivity contribution in [2.24, 2.45) is 0 Å². The average molecular weight is 335 g/mol. The zero-order chi connectivity index (χ0) is 14.5. The van der Waals surface area contributed by atoms with E-state index in [4.69, 9.17) is 10.5 Å². The SMILES string of the molecule is CCN(Cc1ccc(OC)c(Br)c1)c1ccccc1N. The van der Waals surface area contributed by atoms with E-state index in [2.05, 4.69) is 46.0 Å². The van der Waals surface area contributed by atoms with E-state index in [1.165, 1.54) is 5.56 Å². The molecule has 2 aromatic rings. The molecule has 0 saturated heterocycles. The summed E-state index contributed by atoms with van der Waals surface area (Å²) in [5, 5.41) is 0. The Hall–Kier alpha value is -1.68. The predicted molar refractivity (Wildman–Crippen MR) is 88.3 cm³/mol. The molecule has 0 heterocycles. The standard InChI is InChI=1S/C16H19BrN2O/c1-3-19(15-7-5-4-6-14(15)18)11-12-8-9-16(20-2)13(17)10-12/h4-10H,3,11,18H2,1-2H3. The van der Waals surface area contributed by atoms with E-state index in [0.717, 1.165) is 34.7 Å². The van der Waals surface area contributed by atoms with Crippen LogP contribution >= 0.6 is 15.9 Å². The van der Waals surface area contributed by atoms with Gasteiger partial charge in [0.2, 0.25) is 0 Å². The van der Waals surface area contributed by atoms with Crippen LogP contribution in [0.3, 0.4) is 0 Å². The topological polar surface area (TPSA) is 38.5 Å². The number of rotatable bonds is 5. The van der Waals surface area contributed by atoms with Gasteiger partial charge in [-0.15, -0.1) is 0 Å². The number of hydrogen-bond acceptors (Lipinski definition) is 3. The number of hydrogen-bond donors (Lipinski definition) is 1. The lowest BCUT2D eigenvalue weighted by Crippen LogP contribution is -2.23. The molecular formula is C16H19BrN2O. The van der Waals surface area contributed by atoms with Crippen molar-refractivity contribution in [3.8, 4) is 5.75 Å². The summed E-state index contributed by atoms with van der Waals surface area (Å²) in [7, 11) is 1.67. The van der Waals surface area contributed by atoms with E-state index < -0.39 is 0 Å². The van der Waals surface area contributed by atoms with Crippen LogP contribution in [0, 0.1) is 0 Å². The molecule has 0 aliphatic heterocycles. The highest BCUT2D eigenvalue weighted by molar-refractivity contribution is 9.10. The van der Waals surface area contributed by atoms with E-state index in [-0.39, 0.29) is 0 Å². The summed E-state index contributed by atoms with van der Waals surface area (Å²) in [6.45, 7) is 3.84. The normalized spacial score (nSPS) is 10.3. The molecule has 0 radical (unpaired) electrons. The number of halogens is 1. The van der Waals surface area contributed by atoms with Gasteiger partial charge < -0.3 is 15.4 Å². The second-order valence-electron chi connectivity index (χ2n) is 4.54. The molecule has 2 rings (SSSR count). The molecule has 0 bridgehead atoms. The Kier molecular flexibility index (Phi) is 4.90. The van der Waals surface area contributed by atoms with Crippen LogP contribution in [0.15, 0.2) is 46.9 Å². The smallest absolute Gasteiger partial charge is 0.133 e. The maximum absolute atomic E-state index is 6.06. The molecule has 4 heteroatoms. The van der Waals surface area contributed by atoms with Crippen LogP contribution in [-0.2, 0) is 6.54 Å². The monoisotopic (exact) mass is 334 g/mol. The summed E-state index contributed by atoms with van der Waals surface area (Å²) in [6, 6.07) is 14.1. The van der Waals surface area contributed by atoms with Gasteiger partial charge in [0.25, 0.3) is 0 Å². The zero-order valence-electron chi connectivity index (χ0n) is 11.8. The lowest BCUT2D eigenvalue weighted by Gasteiger charge is -2.25. The molecule has 3 nitrogen and oxygen atoms in total. The highest BCUT2D eigenvalue weighted by atomic mass is 79.9. The number of methoxy groups -OCH3 is 1. The van der Waals surface area contributed by atoms with Crippen molar-refractivity contribution in [1.82, 2.24) is 0 Å². The van der Waals surface area contributed by atoms with Gasteiger partial charge in [0.1, 0.15) is 5.75 Å². The molecule has 0 aliphatic rings. The van der Waals surface area contributed by atoms with Gasteiger partial charge in [-0.05, 0) is 52.7 Å². The Morgan fingerprint density at radius 3 is 2.55 bits per heavy atom. The van der Waals surface area contributed by atoms with Gasteiger partial charge in [-0.1, -0.05) is 18.2 Å². The lowest BCUT2D eigenvalue weighted by molar-refractivity contribution is 0.412. The second-order valence-corrected chi connectivity index (χ2v) is 5.40. The quantitative estimate of drug-likeness (QED) is 0.837. The average Bonchev–Trinajstić information content (AvgIpc) is 2.46. The molecule has 2 N–H and O–H groups in total. The van der Waals surface area contributed by atoms with Gasteiger partial charge in [0.15, 0.2) is 0 Å². The molecular weight excluding hydrogens is 316 g/mol. The maximum atomic E-state index is 6.06. The van der Waals surface area contributed by atoms with Crippen LogP contribution in [-0.4, -0.2) is 13.7 Å². The summed E-state index contributed by atoms with van der Waals surface area (Å²) in [6.07, 6.45) is 0. The first-order valence-electron chi connectivity index (χ1n) is 6.57. The van der Waals surface area contributed by atoms with E-state index in [1.807, 2.05) is 24.3 Å². The van der Waals surface area contributed by atoms with Crippen molar-refractivity contribution in [3.63, 3.8) is 0 Å². The Labute approximate surface area is 128 Å². The van der Waals surface area contributed by atoms with Gasteiger partial charge in [0, 0.05) is 13.1 Å². The van der Waals surface area contributed by atoms with Crippen LogP contribution in [0.2, 0.25) is 0 Å². The largest absolute Gasteiger partial charge is 0.496 e. The Balaban J connectivity index is 2.23. The Bertz CT molecular complexity index is 586. The zero-order valence-corrected chi connectivity index (χ0v) is 13.4. The van der Waals surface area contributed by atoms with E-state index in [1.54, 1.807) is 7.11 Å². The molecule has 20 heavy (non-hydrogen) atoms. The van der Waals surface area contributed by atoms with Crippen molar-refractivity contribution in [2.45, 2.75) is 13.5 Å². The molecule has 106 valence electrons. The van der Waals surface area contributed by atoms with E-state index >= 15 is 0 Å². The van der Waals surface area contributed by atoms with Gasteiger partial charge in [-0.2, -0.15) is 0 Å². The Morgan fingerprint density at radius 2 is 1.95 bits per heavy atom. The predicted octanol–water partition coefficient (Wildman–Crippen LogP) is 4.07. The van der Waals surface area contributed by atoms with Gasteiger partial charge in [-0.3, -0.25) is 0 Å². The van der Waals surface area contributed by atoms with Crippen molar-refractivity contribution >= 4 is 27.3 Å². The third kappa shape index (κ3) is 3.25. The summed E-state index contributed by atoms with van der Waals surface area (Å²) >= 11 is 3.52. The molecule has 0 spiro atoms. The highest BCUT2D eigenvalue weighted by Gasteiger charge is 2.09. The number of nitrogens with two attached hydrogens (primary N) is 1. The van der Waals surface area contributed by atoms with Crippen LogP contribution in [0.5, 0.6) is 5.75 Å². The minimum Gasteiger partial charge on any atom is -0.496 e. The number of benzene rings is 2. The third-order valence-corrected chi connectivity index (χ3v) is 3.87. The summed E-state index contributed by atoms with van der Waals surface area (Å²) in [5.41, 5.74) is 9.14. The van der Waals surface area contributed by atoms with Gasteiger partial charge in [-0.25, -0.2) is 0 Å². The fraction of sp³-hybridized carbons (Fsp3) is 0.250. The van der Waals surface area contributed by atoms with Crippen LogP contribution in [0.1, 0.15) is 12.5 Å². The van der Waals surface area contributed by atoms with Gasteiger partial charge in [0.05, 0.1) is 23.0 Å². The third-order valence-electron chi connectivity index (χ3n) is 3.25. The maximum Gasteiger partial charge on any atom is 0.133 e. The first kappa shape index (κ1) is 14.7. The summed E-state index contributed by atoms with van der Waals surface area (Å²) < 4.78 is 6.22. The molecule has 0 fully saturated rings. The molecule has 0 saturated carbocycles. The molecule has 0 unspecified atom stereocenters. The summed E-state index contributed by atoms with van der Waals surface area (Å²) in [4.78, 5) is 2.25. The van der Waals surface area contributed by atoms with E-state index in [9.17, 15) is 0 Å². The first-order chi connectivity index (χ1) is 9.65. The van der Waals surface area contributed by atoms with Crippen molar-refractivity contribution in [3.05, 3.63) is 52.5 Å². The minimum absolute atomic E-state index is 0.807. The molecule has 0 aromatic heterocycles. The first-order valence-corrected chi connectivity index (χ1v) is 7.37. The number of anilines is 2. The molecule has 2 aromatic carbocycles. The van der Waals surface area contributed by atoms with Gasteiger partial charge >= 0.3 is 0 Å². The Morgan fingerprint density at radius 1 is 1.20 bits per heavy atom. The highest BCUT2D eigenvalue weighted by Crippen LogP contribution is 2.28. The van der Waals surface area contributed by atoms with Crippen molar-refractivity contribution in [2.75, 3.05) is 24.3 Å². The number of nitrogens with zero attached hydrogens (tertiary/aromatic N) is 1. The number of ether oxygens (including phenoxy) is 1. The molecule has 0 aliphatic carbocycles. The molecule has 0 atom stereocenters. The van der Waals surface area contributed by atoms with E-state index in [0.29, 0.717) is 0 Å². The number of nitrogen functional groups attached to an aromatic ring is 1. The lowest BCUT2D eigenvalue weighted by atomic mass is 10.1. The molecule has 0 amide bonds. The second kappa shape index (κ2) is 6.66. The van der Waals surface area contributed by atoms with Crippen molar-refractivity contribution < 1.29 is 4.74 Å². The minimum atomic E-state index is 0.807. The number of para-hydroxylation sites is 2. The summed E-state index contributed by atoms with van der Waals surface area (Å²) in [5.74, 6) is 0.844.